The summed E-state index contributed by atoms with van der Waals surface area (Å²) in [4.78, 5) is 0. The molecule has 0 saturated heterocycles. The van der Waals surface area contributed by atoms with Gasteiger partial charge in [-0.1, -0.05) is 13.3 Å². The second-order valence-corrected chi connectivity index (χ2v) is 3.35. The molecular weight excluding hydrogens is 162 g/mol. The van der Waals surface area contributed by atoms with Gasteiger partial charge in [-0.15, -0.1) is 0 Å². The summed E-state index contributed by atoms with van der Waals surface area (Å²) in [5.74, 6) is 0. The highest BCUT2D eigenvalue weighted by atomic mass is 14.9. The molecule has 0 aliphatic rings. The molecule has 0 aromatic carbocycles. The molecule has 0 rings (SSSR count). The minimum absolute atomic E-state index is 0.748. The highest BCUT2D eigenvalue weighted by Gasteiger charge is 1.89. The van der Waals surface area contributed by atoms with Crippen molar-refractivity contribution in [2.75, 3.05) is 32.7 Å². The van der Waals surface area contributed by atoms with Crippen LogP contribution in [-0.4, -0.2) is 32.7 Å². The number of rotatable bonds is 10. The molecule has 4 N–H and O–H groups in total. The molecular formula is C10H25N3. The maximum absolute atomic E-state index is 5.35. The van der Waals surface area contributed by atoms with Crippen LogP contribution in [0.15, 0.2) is 0 Å². The fourth-order valence-electron chi connectivity index (χ4n) is 1.21. The Balaban J connectivity index is 2.76. The van der Waals surface area contributed by atoms with E-state index in [1.165, 1.54) is 32.2 Å². The molecule has 0 aromatic rings. The van der Waals surface area contributed by atoms with Crippen LogP contribution >= 0.6 is 0 Å². The van der Waals surface area contributed by atoms with Gasteiger partial charge in [0.1, 0.15) is 0 Å². The van der Waals surface area contributed by atoms with E-state index in [2.05, 4.69) is 17.6 Å². The summed E-state index contributed by atoms with van der Waals surface area (Å²) in [5, 5.41) is 6.69. The van der Waals surface area contributed by atoms with Crippen LogP contribution in [0.2, 0.25) is 0 Å². The number of unbranched alkanes of at least 4 members (excludes halogenated alkanes) is 2. The molecule has 0 radical (unpaired) electrons. The van der Waals surface area contributed by atoms with Crippen molar-refractivity contribution in [1.82, 2.24) is 10.6 Å². The van der Waals surface area contributed by atoms with Crippen molar-refractivity contribution in [3.63, 3.8) is 0 Å². The van der Waals surface area contributed by atoms with E-state index in [1.807, 2.05) is 0 Å². The van der Waals surface area contributed by atoms with Crippen molar-refractivity contribution in [2.24, 2.45) is 5.73 Å². The van der Waals surface area contributed by atoms with Crippen molar-refractivity contribution in [1.29, 1.82) is 0 Å². The topological polar surface area (TPSA) is 50.1 Å². The van der Waals surface area contributed by atoms with Gasteiger partial charge < -0.3 is 16.4 Å². The van der Waals surface area contributed by atoms with Crippen LogP contribution in [0.25, 0.3) is 0 Å². The minimum atomic E-state index is 0.748. The van der Waals surface area contributed by atoms with Gasteiger partial charge in [0.05, 0.1) is 0 Å². The molecule has 0 aliphatic heterocycles. The number of hydrogen-bond acceptors (Lipinski definition) is 3. The van der Waals surface area contributed by atoms with E-state index in [4.69, 9.17) is 5.73 Å². The summed E-state index contributed by atoms with van der Waals surface area (Å²) in [6.45, 7) is 7.34. The lowest BCUT2D eigenvalue weighted by atomic mass is 10.2. The van der Waals surface area contributed by atoms with Gasteiger partial charge in [-0.25, -0.2) is 0 Å². The fraction of sp³-hybridized carbons (Fsp3) is 1.00. The van der Waals surface area contributed by atoms with Crippen LogP contribution in [0, 0.1) is 0 Å². The van der Waals surface area contributed by atoms with E-state index >= 15 is 0 Å². The predicted octanol–water partition coefficient (Wildman–Crippen LogP) is 0.705. The second kappa shape index (κ2) is 11.9. The van der Waals surface area contributed by atoms with Gasteiger partial charge in [0.15, 0.2) is 0 Å². The highest BCUT2D eigenvalue weighted by Crippen LogP contribution is 1.91. The number of hydrogen-bond donors (Lipinski definition) is 3. The maximum Gasteiger partial charge on any atom is 0.00745 e. The third-order valence-electron chi connectivity index (χ3n) is 1.95. The van der Waals surface area contributed by atoms with E-state index in [0.29, 0.717) is 0 Å². The van der Waals surface area contributed by atoms with Crippen LogP contribution in [0.1, 0.15) is 32.6 Å². The van der Waals surface area contributed by atoms with Gasteiger partial charge in [0.25, 0.3) is 0 Å². The smallest absolute Gasteiger partial charge is 0.00745 e. The first-order valence-electron chi connectivity index (χ1n) is 5.53. The van der Waals surface area contributed by atoms with Gasteiger partial charge in [0, 0.05) is 13.1 Å². The molecule has 0 saturated carbocycles. The molecule has 80 valence electrons. The number of nitrogens with one attached hydrogen (secondary N) is 2. The SMILES string of the molecule is CCCNCCCCCNCCN. The summed E-state index contributed by atoms with van der Waals surface area (Å²) >= 11 is 0. The molecule has 0 aliphatic carbocycles. The van der Waals surface area contributed by atoms with Gasteiger partial charge in [-0.05, 0) is 38.9 Å². The standard InChI is InChI=1S/C10H25N3/c1-2-7-12-8-4-3-5-9-13-10-6-11/h12-13H,2-11H2,1H3. The Morgan fingerprint density at radius 2 is 1.46 bits per heavy atom. The monoisotopic (exact) mass is 187 g/mol. The molecule has 0 bridgehead atoms. The van der Waals surface area contributed by atoms with E-state index in [1.54, 1.807) is 0 Å². The largest absolute Gasteiger partial charge is 0.329 e. The summed E-state index contributed by atoms with van der Waals surface area (Å²) in [6.07, 6.45) is 5.12. The summed E-state index contributed by atoms with van der Waals surface area (Å²) in [5.41, 5.74) is 5.35. The molecule has 0 atom stereocenters. The average molecular weight is 187 g/mol. The van der Waals surface area contributed by atoms with Crippen molar-refractivity contribution in [2.45, 2.75) is 32.6 Å². The number of nitrogens with two attached hydrogens (primary N) is 1. The van der Waals surface area contributed by atoms with E-state index in [9.17, 15) is 0 Å². The molecule has 0 heterocycles. The molecule has 0 unspecified atom stereocenters. The van der Waals surface area contributed by atoms with E-state index in [-0.39, 0.29) is 0 Å². The Kier molecular flexibility index (Phi) is 11.8. The zero-order chi connectivity index (χ0) is 9.78. The molecule has 0 aromatic heterocycles. The normalized spacial score (nSPS) is 10.6. The van der Waals surface area contributed by atoms with Crippen molar-refractivity contribution in [3.05, 3.63) is 0 Å². The molecule has 0 amide bonds. The summed E-state index contributed by atoms with van der Waals surface area (Å²) in [7, 11) is 0. The van der Waals surface area contributed by atoms with Crippen molar-refractivity contribution < 1.29 is 0 Å². The Hall–Kier alpha value is -0.120. The van der Waals surface area contributed by atoms with Gasteiger partial charge in [-0.3, -0.25) is 0 Å². The molecule has 3 nitrogen and oxygen atoms in total. The van der Waals surface area contributed by atoms with Gasteiger partial charge >= 0.3 is 0 Å². The zero-order valence-corrected chi connectivity index (χ0v) is 8.94. The first-order chi connectivity index (χ1) is 6.41. The first-order valence-corrected chi connectivity index (χ1v) is 5.53. The Morgan fingerprint density at radius 3 is 2.00 bits per heavy atom. The Labute approximate surface area is 82.5 Å². The van der Waals surface area contributed by atoms with Crippen LogP contribution in [-0.2, 0) is 0 Å². The first kappa shape index (κ1) is 12.9. The lowest BCUT2D eigenvalue weighted by Crippen LogP contribution is -2.23. The second-order valence-electron chi connectivity index (χ2n) is 3.35. The average Bonchev–Trinajstić information content (AvgIpc) is 2.16. The molecule has 13 heavy (non-hydrogen) atoms. The van der Waals surface area contributed by atoms with Crippen molar-refractivity contribution in [3.8, 4) is 0 Å². The highest BCUT2D eigenvalue weighted by molar-refractivity contribution is 4.51. The van der Waals surface area contributed by atoms with Crippen LogP contribution in [0.4, 0.5) is 0 Å². The third-order valence-corrected chi connectivity index (χ3v) is 1.95. The minimum Gasteiger partial charge on any atom is -0.329 e. The van der Waals surface area contributed by atoms with E-state index in [0.717, 1.165) is 26.2 Å². The van der Waals surface area contributed by atoms with Crippen molar-refractivity contribution >= 4 is 0 Å². The summed E-state index contributed by atoms with van der Waals surface area (Å²) < 4.78 is 0. The summed E-state index contributed by atoms with van der Waals surface area (Å²) in [6, 6.07) is 0. The van der Waals surface area contributed by atoms with E-state index < -0.39 is 0 Å². The third kappa shape index (κ3) is 11.9. The van der Waals surface area contributed by atoms with Crippen LogP contribution < -0.4 is 16.4 Å². The predicted molar refractivity (Wildman–Crippen MR) is 58.9 cm³/mol. The van der Waals surface area contributed by atoms with Crippen LogP contribution in [0.3, 0.4) is 0 Å². The van der Waals surface area contributed by atoms with Gasteiger partial charge in [0.2, 0.25) is 0 Å². The molecule has 0 fully saturated rings. The van der Waals surface area contributed by atoms with Crippen LogP contribution in [0.5, 0.6) is 0 Å². The Bertz CT molecular complexity index is 76.2. The Morgan fingerprint density at radius 1 is 0.846 bits per heavy atom. The fourth-order valence-corrected chi connectivity index (χ4v) is 1.21. The quantitative estimate of drug-likeness (QED) is 0.441. The zero-order valence-electron chi connectivity index (χ0n) is 8.94. The maximum atomic E-state index is 5.35. The molecule has 3 heteroatoms. The van der Waals surface area contributed by atoms with Gasteiger partial charge in [-0.2, -0.15) is 0 Å². The molecule has 0 spiro atoms. The lowest BCUT2D eigenvalue weighted by molar-refractivity contribution is 0.573. The lowest BCUT2D eigenvalue weighted by Gasteiger charge is -2.03.